The molecular formula is C21H17Cl2N3O4. The summed E-state index contributed by atoms with van der Waals surface area (Å²) in [6, 6.07) is 15.4. The average molecular weight is 446 g/mol. The molecule has 0 bridgehead atoms. The molecule has 7 nitrogen and oxygen atoms in total. The average Bonchev–Trinajstić information content (AvgIpc) is 2.76. The summed E-state index contributed by atoms with van der Waals surface area (Å²) < 4.78 is 11.0. The summed E-state index contributed by atoms with van der Waals surface area (Å²) >= 11 is 11.7. The van der Waals surface area contributed by atoms with Crippen LogP contribution in [0.1, 0.15) is 15.9 Å². The Morgan fingerprint density at radius 3 is 2.40 bits per heavy atom. The highest BCUT2D eigenvalue weighted by molar-refractivity contribution is 6.30. The first-order chi connectivity index (χ1) is 14.6. The zero-order valence-electron chi connectivity index (χ0n) is 15.8. The number of benzene rings is 2. The number of oxime groups is 1. The third kappa shape index (κ3) is 5.85. The van der Waals surface area contributed by atoms with Gasteiger partial charge in [-0.25, -0.2) is 4.98 Å². The topological polar surface area (TPSA) is 82.0 Å². The molecule has 1 N–H and O–H groups in total. The predicted octanol–water partition coefficient (Wildman–Crippen LogP) is 5.08. The lowest BCUT2D eigenvalue weighted by atomic mass is 10.2. The van der Waals surface area contributed by atoms with Gasteiger partial charge in [-0.2, -0.15) is 0 Å². The Kier molecular flexibility index (Phi) is 7.48. The van der Waals surface area contributed by atoms with Gasteiger partial charge in [0.1, 0.15) is 30.0 Å². The molecular weight excluding hydrogens is 429 g/mol. The first kappa shape index (κ1) is 21.4. The van der Waals surface area contributed by atoms with E-state index in [1.54, 1.807) is 42.5 Å². The van der Waals surface area contributed by atoms with Crippen molar-refractivity contribution in [1.82, 2.24) is 10.3 Å². The minimum atomic E-state index is -0.525. The van der Waals surface area contributed by atoms with Gasteiger partial charge in [0.25, 0.3) is 5.91 Å². The van der Waals surface area contributed by atoms with Crippen LogP contribution in [0.3, 0.4) is 0 Å². The van der Waals surface area contributed by atoms with E-state index in [1.807, 2.05) is 12.1 Å². The fourth-order valence-corrected chi connectivity index (χ4v) is 2.64. The quantitative estimate of drug-likeness (QED) is 0.297. The molecule has 1 aromatic heterocycles. The normalized spacial score (nSPS) is 10.6. The molecule has 1 heterocycles. The van der Waals surface area contributed by atoms with Gasteiger partial charge in [-0.05, 0) is 48.0 Å². The van der Waals surface area contributed by atoms with Gasteiger partial charge in [0.15, 0.2) is 0 Å². The molecule has 154 valence electrons. The number of ether oxygens (including phenoxy) is 2. The number of nitrogens with one attached hydrogen (secondary N) is 1. The van der Waals surface area contributed by atoms with E-state index < -0.39 is 5.91 Å². The van der Waals surface area contributed by atoms with Gasteiger partial charge in [-0.1, -0.05) is 40.5 Å². The first-order valence-corrected chi connectivity index (χ1v) is 9.48. The number of rotatable bonds is 8. The van der Waals surface area contributed by atoms with Crippen LogP contribution in [-0.2, 0) is 11.4 Å². The number of aromatic nitrogens is 1. The van der Waals surface area contributed by atoms with Crippen molar-refractivity contribution in [3.8, 4) is 17.4 Å². The maximum absolute atomic E-state index is 12.7. The van der Waals surface area contributed by atoms with Crippen molar-refractivity contribution >= 4 is 35.4 Å². The van der Waals surface area contributed by atoms with Crippen molar-refractivity contribution in [3.05, 3.63) is 82.0 Å². The molecule has 0 unspecified atom stereocenters. The molecule has 0 spiro atoms. The van der Waals surface area contributed by atoms with Crippen LogP contribution in [0.25, 0.3) is 0 Å². The second kappa shape index (κ2) is 10.5. The molecule has 0 radical (unpaired) electrons. The SMILES string of the molecule is COc1ccnc(Oc2ccc(Cl)cc2)c1C(=O)N/C=N/OCc1ccc(Cl)cc1. The van der Waals surface area contributed by atoms with Crippen molar-refractivity contribution in [3.63, 3.8) is 0 Å². The second-order valence-corrected chi connectivity index (χ2v) is 6.73. The number of carbonyl (C=O) groups is 1. The lowest BCUT2D eigenvalue weighted by molar-refractivity contribution is 0.0965. The zero-order valence-corrected chi connectivity index (χ0v) is 17.4. The van der Waals surface area contributed by atoms with Crippen LogP contribution in [0, 0.1) is 0 Å². The van der Waals surface area contributed by atoms with Crippen molar-refractivity contribution in [2.24, 2.45) is 5.16 Å². The number of methoxy groups -OCH3 is 1. The minimum absolute atomic E-state index is 0.0738. The molecule has 0 aliphatic rings. The Morgan fingerprint density at radius 1 is 1.07 bits per heavy atom. The molecule has 1 amide bonds. The van der Waals surface area contributed by atoms with Crippen LogP contribution in [0.2, 0.25) is 10.0 Å². The van der Waals surface area contributed by atoms with E-state index in [1.165, 1.54) is 13.3 Å². The largest absolute Gasteiger partial charge is 0.496 e. The third-order valence-electron chi connectivity index (χ3n) is 3.82. The number of hydrogen-bond donors (Lipinski definition) is 1. The summed E-state index contributed by atoms with van der Waals surface area (Å²) in [5.41, 5.74) is 0.995. The highest BCUT2D eigenvalue weighted by atomic mass is 35.5. The standard InChI is InChI=1S/C21H17Cl2N3O4/c1-28-18-10-11-24-21(30-17-8-6-16(23)7-9-17)19(18)20(27)25-13-26-29-12-14-2-4-15(22)5-3-14/h2-11,13H,12H2,1H3,(H,25,26,27). The molecule has 2 aromatic carbocycles. The van der Waals surface area contributed by atoms with Gasteiger partial charge in [-0.3, -0.25) is 4.79 Å². The molecule has 0 aliphatic carbocycles. The first-order valence-electron chi connectivity index (χ1n) is 8.72. The van der Waals surface area contributed by atoms with Crippen LogP contribution < -0.4 is 14.8 Å². The predicted molar refractivity (Wildman–Crippen MR) is 115 cm³/mol. The monoisotopic (exact) mass is 445 g/mol. The van der Waals surface area contributed by atoms with Crippen molar-refractivity contribution in [2.75, 3.05) is 7.11 Å². The number of hydrogen-bond acceptors (Lipinski definition) is 6. The summed E-state index contributed by atoms with van der Waals surface area (Å²) in [6.07, 6.45) is 2.61. The van der Waals surface area contributed by atoms with E-state index in [9.17, 15) is 4.79 Å². The maximum Gasteiger partial charge on any atom is 0.265 e. The van der Waals surface area contributed by atoms with E-state index in [4.69, 9.17) is 37.5 Å². The molecule has 3 rings (SSSR count). The second-order valence-electron chi connectivity index (χ2n) is 5.86. The Morgan fingerprint density at radius 2 is 1.73 bits per heavy atom. The highest BCUT2D eigenvalue weighted by Crippen LogP contribution is 2.30. The number of amides is 1. The Bertz CT molecular complexity index is 1030. The fourth-order valence-electron chi connectivity index (χ4n) is 2.38. The third-order valence-corrected chi connectivity index (χ3v) is 4.32. The summed E-state index contributed by atoms with van der Waals surface area (Å²) in [6.45, 7) is 0.227. The van der Waals surface area contributed by atoms with E-state index >= 15 is 0 Å². The smallest absolute Gasteiger partial charge is 0.265 e. The summed E-state index contributed by atoms with van der Waals surface area (Å²) in [5, 5.41) is 7.43. The molecule has 0 fully saturated rings. The van der Waals surface area contributed by atoms with Gasteiger partial charge < -0.3 is 19.6 Å². The number of pyridine rings is 1. The number of halogens is 2. The van der Waals surface area contributed by atoms with E-state index in [0.29, 0.717) is 21.5 Å². The number of carbonyl (C=O) groups excluding carboxylic acids is 1. The van der Waals surface area contributed by atoms with Crippen LogP contribution >= 0.6 is 23.2 Å². The van der Waals surface area contributed by atoms with Crippen molar-refractivity contribution in [1.29, 1.82) is 0 Å². The summed E-state index contributed by atoms with van der Waals surface area (Å²) in [7, 11) is 1.45. The van der Waals surface area contributed by atoms with Crippen LogP contribution in [0.5, 0.6) is 17.4 Å². The summed E-state index contributed by atoms with van der Waals surface area (Å²) in [5.74, 6) is 0.309. The molecule has 9 heteroatoms. The van der Waals surface area contributed by atoms with Gasteiger partial charge in [0.2, 0.25) is 5.88 Å². The van der Waals surface area contributed by atoms with Crippen LogP contribution in [0.15, 0.2) is 65.9 Å². The fraction of sp³-hybridized carbons (Fsp3) is 0.0952. The molecule has 3 aromatic rings. The van der Waals surface area contributed by atoms with Crippen LogP contribution in [0.4, 0.5) is 0 Å². The van der Waals surface area contributed by atoms with E-state index in [2.05, 4.69) is 15.5 Å². The van der Waals surface area contributed by atoms with Gasteiger partial charge in [-0.15, -0.1) is 0 Å². The zero-order chi connectivity index (χ0) is 21.3. The maximum atomic E-state index is 12.7. The van der Waals surface area contributed by atoms with Gasteiger partial charge in [0, 0.05) is 16.2 Å². The van der Waals surface area contributed by atoms with Crippen molar-refractivity contribution < 1.29 is 19.1 Å². The van der Waals surface area contributed by atoms with E-state index in [-0.39, 0.29) is 18.1 Å². The van der Waals surface area contributed by atoms with Crippen LogP contribution in [-0.4, -0.2) is 24.3 Å². The molecule has 0 aliphatic heterocycles. The Labute approximate surface area is 183 Å². The van der Waals surface area contributed by atoms with Crippen molar-refractivity contribution in [2.45, 2.75) is 6.61 Å². The highest BCUT2D eigenvalue weighted by Gasteiger charge is 2.20. The summed E-state index contributed by atoms with van der Waals surface area (Å²) in [4.78, 5) is 22.0. The van der Waals surface area contributed by atoms with Gasteiger partial charge >= 0.3 is 0 Å². The molecule has 30 heavy (non-hydrogen) atoms. The molecule has 0 saturated carbocycles. The minimum Gasteiger partial charge on any atom is -0.496 e. The molecule has 0 atom stereocenters. The lowest BCUT2D eigenvalue weighted by Crippen LogP contribution is -2.23. The number of nitrogens with zero attached hydrogens (tertiary/aromatic N) is 2. The van der Waals surface area contributed by atoms with E-state index in [0.717, 1.165) is 11.9 Å². The Balaban J connectivity index is 1.66. The van der Waals surface area contributed by atoms with Gasteiger partial charge in [0.05, 0.1) is 7.11 Å². The Hall–Kier alpha value is -3.29. The lowest BCUT2D eigenvalue weighted by Gasteiger charge is -2.12. The molecule has 0 saturated heterocycles.